The van der Waals surface area contributed by atoms with Gasteiger partial charge in [0.15, 0.2) is 0 Å². The molecular formula is C13H21N3. The van der Waals surface area contributed by atoms with Gasteiger partial charge in [-0.15, -0.1) is 0 Å². The number of hydrazine groups is 1. The average molecular weight is 219 g/mol. The molecule has 0 unspecified atom stereocenters. The van der Waals surface area contributed by atoms with Crippen LogP contribution in [0.4, 0.5) is 0 Å². The third-order valence-electron chi connectivity index (χ3n) is 2.71. The molecular weight excluding hydrogens is 198 g/mol. The first kappa shape index (κ1) is 12.7. The number of nitrogens with zero attached hydrogens (tertiary/aromatic N) is 1. The lowest BCUT2D eigenvalue weighted by Gasteiger charge is -2.19. The molecule has 0 bridgehead atoms. The van der Waals surface area contributed by atoms with E-state index in [9.17, 15) is 0 Å². The maximum atomic E-state index is 8.03. The van der Waals surface area contributed by atoms with Crippen LogP contribution < -0.4 is 5.43 Å². The van der Waals surface area contributed by atoms with Gasteiger partial charge in [0.25, 0.3) is 0 Å². The fourth-order valence-corrected chi connectivity index (χ4v) is 1.59. The predicted molar refractivity (Wildman–Crippen MR) is 68.9 cm³/mol. The molecule has 0 heterocycles. The van der Waals surface area contributed by atoms with Crippen LogP contribution in [0.1, 0.15) is 36.5 Å². The SMILES string of the molecule is CNN(C)C(=N)c1cc(C)cc(C(C)C)c1. The molecule has 3 nitrogen and oxygen atoms in total. The molecule has 2 N–H and O–H groups in total. The Balaban J connectivity index is 3.09. The summed E-state index contributed by atoms with van der Waals surface area (Å²) in [7, 11) is 3.66. The molecule has 16 heavy (non-hydrogen) atoms. The molecule has 0 aromatic heterocycles. The number of aryl methyl sites for hydroxylation is 1. The molecule has 0 amide bonds. The Kier molecular flexibility index (Phi) is 4.07. The van der Waals surface area contributed by atoms with Crippen molar-refractivity contribution in [1.82, 2.24) is 10.4 Å². The molecule has 0 spiro atoms. The van der Waals surface area contributed by atoms with Crippen LogP contribution in [-0.2, 0) is 0 Å². The number of rotatable bonds is 3. The van der Waals surface area contributed by atoms with E-state index in [1.165, 1.54) is 11.1 Å². The van der Waals surface area contributed by atoms with Crippen molar-refractivity contribution in [3.63, 3.8) is 0 Å². The fourth-order valence-electron chi connectivity index (χ4n) is 1.59. The zero-order valence-electron chi connectivity index (χ0n) is 10.8. The Morgan fingerprint density at radius 3 is 2.44 bits per heavy atom. The van der Waals surface area contributed by atoms with E-state index in [4.69, 9.17) is 5.41 Å². The Bertz CT molecular complexity index is 383. The molecule has 0 radical (unpaired) electrons. The molecule has 0 aliphatic carbocycles. The normalized spacial score (nSPS) is 10.6. The maximum Gasteiger partial charge on any atom is 0.142 e. The van der Waals surface area contributed by atoms with Gasteiger partial charge < -0.3 is 0 Å². The van der Waals surface area contributed by atoms with Gasteiger partial charge in [0.05, 0.1) is 0 Å². The van der Waals surface area contributed by atoms with E-state index < -0.39 is 0 Å². The van der Waals surface area contributed by atoms with Gasteiger partial charge in [-0.3, -0.25) is 10.4 Å². The second-order valence-corrected chi connectivity index (χ2v) is 4.42. The fraction of sp³-hybridized carbons (Fsp3) is 0.462. The largest absolute Gasteiger partial charge is 0.296 e. The highest BCUT2D eigenvalue weighted by molar-refractivity contribution is 5.96. The molecule has 3 heteroatoms. The highest BCUT2D eigenvalue weighted by Gasteiger charge is 2.09. The van der Waals surface area contributed by atoms with E-state index in [0.29, 0.717) is 11.8 Å². The van der Waals surface area contributed by atoms with E-state index in [0.717, 1.165) is 5.56 Å². The van der Waals surface area contributed by atoms with Crippen molar-refractivity contribution in [3.05, 3.63) is 34.9 Å². The predicted octanol–water partition coefficient (Wildman–Crippen LogP) is 2.51. The van der Waals surface area contributed by atoms with Gasteiger partial charge in [-0.05, 0) is 30.5 Å². The third kappa shape index (κ3) is 2.83. The summed E-state index contributed by atoms with van der Waals surface area (Å²) in [6, 6.07) is 6.32. The quantitative estimate of drug-likeness (QED) is 0.466. The molecule has 0 fully saturated rings. The first-order valence-corrected chi connectivity index (χ1v) is 5.57. The van der Waals surface area contributed by atoms with Crippen molar-refractivity contribution < 1.29 is 0 Å². The van der Waals surface area contributed by atoms with E-state index in [1.54, 1.807) is 5.01 Å². The van der Waals surface area contributed by atoms with Crippen LogP contribution in [0.5, 0.6) is 0 Å². The summed E-state index contributed by atoms with van der Waals surface area (Å²) < 4.78 is 0. The van der Waals surface area contributed by atoms with Crippen molar-refractivity contribution in [1.29, 1.82) is 5.41 Å². The highest BCUT2D eigenvalue weighted by Crippen LogP contribution is 2.18. The average Bonchev–Trinajstić information content (AvgIpc) is 2.26. The van der Waals surface area contributed by atoms with Gasteiger partial charge in [-0.1, -0.05) is 25.5 Å². The van der Waals surface area contributed by atoms with Crippen LogP contribution in [0.15, 0.2) is 18.2 Å². The Hall–Kier alpha value is -1.35. The van der Waals surface area contributed by atoms with Gasteiger partial charge in [0, 0.05) is 19.7 Å². The smallest absolute Gasteiger partial charge is 0.142 e. The molecule has 0 aliphatic rings. The van der Waals surface area contributed by atoms with Crippen LogP contribution in [0, 0.1) is 12.3 Å². The Labute approximate surface area is 98.0 Å². The second kappa shape index (κ2) is 5.12. The van der Waals surface area contributed by atoms with Crippen LogP contribution in [0.25, 0.3) is 0 Å². The zero-order chi connectivity index (χ0) is 12.3. The summed E-state index contributed by atoms with van der Waals surface area (Å²) in [6.45, 7) is 6.41. The standard InChI is InChI=1S/C13H21N3/c1-9(2)11-6-10(3)7-12(8-11)13(14)16(5)15-4/h6-9,14-15H,1-5H3. The summed E-state index contributed by atoms with van der Waals surface area (Å²) in [6.07, 6.45) is 0. The lowest BCUT2D eigenvalue weighted by atomic mass is 9.98. The van der Waals surface area contributed by atoms with Crippen molar-refractivity contribution in [2.75, 3.05) is 14.1 Å². The number of hydrogen-bond donors (Lipinski definition) is 2. The minimum absolute atomic E-state index is 0.492. The molecule has 0 saturated heterocycles. The van der Waals surface area contributed by atoms with E-state index in [1.807, 2.05) is 20.2 Å². The van der Waals surface area contributed by atoms with E-state index in [-0.39, 0.29) is 0 Å². The first-order chi connectivity index (χ1) is 7.45. The molecule has 1 aromatic carbocycles. The first-order valence-electron chi connectivity index (χ1n) is 5.57. The molecule has 1 rings (SSSR count). The topological polar surface area (TPSA) is 39.1 Å². The molecule has 0 aliphatic heterocycles. The number of benzene rings is 1. The monoisotopic (exact) mass is 219 g/mol. The van der Waals surface area contributed by atoms with Gasteiger partial charge in [0.2, 0.25) is 0 Å². The van der Waals surface area contributed by atoms with Crippen molar-refractivity contribution in [3.8, 4) is 0 Å². The number of amidine groups is 1. The van der Waals surface area contributed by atoms with Crippen molar-refractivity contribution in [2.24, 2.45) is 0 Å². The van der Waals surface area contributed by atoms with Crippen LogP contribution in [0.2, 0.25) is 0 Å². The lowest BCUT2D eigenvalue weighted by molar-refractivity contribution is 0.407. The van der Waals surface area contributed by atoms with Gasteiger partial charge in [-0.2, -0.15) is 0 Å². The van der Waals surface area contributed by atoms with Crippen molar-refractivity contribution in [2.45, 2.75) is 26.7 Å². The van der Waals surface area contributed by atoms with Crippen LogP contribution >= 0.6 is 0 Å². The maximum absolute atomic E-state index is 8.03. The second-order valence-electron chi connectivity index (χ2n) is 4.42. The summed E-state index contributed by atoms with van der Waals surface area (Å²) >= 11 is 0. The number of hydrogen-bond acceptors (Lipinski definition) is 2. The summed E-state index contributed by atoms with van der Waals surface area (Å²) in [4.78, 5) is 0. The Morgan fingerprint density at radius 1 is 1.31 bits per heavy atom. The summed E-state index contributed by atoms with van der Waals surface area (Å²) in [5.41, 5.74) is 6.38. The van der Waals surface area contributed by atoms with Crippen LogP contribution in [0.3, 0.4) is 0 Å². The highest BCUT2D eigenvalue weighted by atomic mass is 15.5. The third-order valence-corrected chi connectivity index (χ3v) is 2.71. The van der Waals surface area contributed by atoms with E-state index in [2.05, 4.69) is 38.3 Å². The molecule has 0 atom stereocenters. The minimum Gasteiger partial charge on any atom is -0.296 e. The lowest BCUT2D eigenvalue weighted by Crippen LogP contribution is -2.36. The molecule has 1 aromatic rings. The Morgan fingerprint density at radius 2 is 1.94 bits per heavy atom. The zero-order valence-corrected chi connectivity index (χ0v) is 10.8. The van der Waals surface area contributed by atoms with Gasteiger partial charge >= 0.3 is 0 Å². The van der Waals surface area contributed by atoms with Gasteiger partial charge in [-0.25, -0.2) is 5.43 Å². The number of nitrogens with one attached hydrogen (secondary N) is 2. The minimum atomic E-state index is 0.492. The van der Waals surface area contributed by atoms with E-state index >= 15 is 0 Å². The van der Waals surface area contributed by atoms with Gasteiger partial charge in [0.1, 0.15) is 5.84 Å². The van der Waals surface area contributed by atoms with Crippen LogP contribution in [-0.4, -0.2) is 24.9 Å². The molecule has 88 valence electrons. The summed E-state index contributed by atoms with van der Waals surface area (Å²) in [5, 5.41) is 9.74. The summed E-state index contributed by atoms with van der Waals surface area (Å²) in [5.74, 6) is 0.986. The molecule has 0 saturated carbocycles. The van der Waals surface area contributed by atoms with Crippen molar-refractivity contribution >= 4 is 5.84 Å².